The highest BCUT2D eigenvalue weighted by Crippen LogP contribution is 2.36. The number of aromatic nitrogens is 1. The van der Waals surface area contributed by atoms with Crippen LogP contribution in [0.2, 0.25) is 0 Å². The van der Waals surface area contributed by atoms with Crippen molar-refractivity contribution in [1.82, 2.24) is 4.98 Å². The zero-order chi connectivity index (χ0) is 18.8. The molecule has 3 aromatic rings. The molecule has 1 aromatic heterocycles. The van der Waals surface area contributed by atoms with E-state index in [9.17, 15) is 4.79 Å². The van der Waals surface area contributed by atoms with Crippen molar-refractivity contribution in [3.05, 3.63) is 59.5 Å². The number of carbonyl (C=O) groups is 1. The number of carboxylic acids is 1. The second-order valence-corrected chi connectivity index (χ2v) is 6.10. The van der Waals surface area contributed by atoms with Crippen molar-refractivity contribution in [2.45, 2.75) is 20.0 Å². The highest BCUT2D eigenvalue weighted by atomic mass is 16.7. The van der Waals surface area contributed by atoms with E-state index in [0.29, 0.717) is 40.2 Å². The summed E-state index contributed by atoms with van der Waals surface area (Å²) in [6.07, 6.45) is -0.0472. The van der Waals surface area contributed by atoms with Crippen LogP contribution in [0.25, 0.3) is 11.5 Å². The van der Waals surface area contributed by atoms with E-state index in [4.69, 9.17) is 23.7 Å². The normalized spacial score (nSPS) is 12.2. The number of aryl methyl sites for hydroxylation is 1. The largest absolute Gasteiger partial charge is 0.487 e. The van der Waals surface area contributed by atoms with Gasteiger partial charge in [-0.25, -0.2) is 4.98 Å². The Kier molecular flexibility index (Phi) is 4.42. The highest BCUT2D eigenvalue weighted by molar-refractivity contribution is 5.70. The Bertz CT molecular complexity index is 994. The van der Waals surface area contributed by atoms with Crippen LogP contribution in [0.3, 0.4) is 0 Å². The molecule has 0 saturated carbocycles. The molecular weight excluding hydrogens is 350 g/mol. The van der Waals surface area contributed by atoms with E-state index in [1.807, 2.05) is 25.1 Å². The van der Waals surface area contributed by atoms with Gasteiger partial charge in [-0.3, -0.25) is 4.79 Å². The fourth-order valence-corrected chi connectivity index (χ4v) is 2.79. The van der Waals surface area contributed by atoms with Crippen LogP contribution in [-0.2, 0) is 17.8 Å². The van der Waals surface area contributed by atoms with Gasteiger partial charge in [0.15, 0.2) is 11.5 Å². The summed E-state index contributed by atoms with van der Waals surface area (Å²) >= 11 is 0. The SMILES string of the molecule is Cc1oc(-c2ccc3c(c2)OCO3)nc1COc1cccc(CC(=O)O)c1. The molecule has 7 nitrogen and oxygen atoms in total. The van der Waals surface area contributed by atoms with Crippen LogP contribution in [0.5, 0.6) is 17.2 Å². The van der Waals surface area contributed by atoms with Crippen molar-refractivity contribution in [2.24, 2.45) is 0 Å². The molecule has 0 radical (unpaired) electrons. The van der Waals surface area contributed by atoms with Crippen LogP contribution >= 0.6 is 0 Å². The van der Waals surface area contributed by atoms with Crippen LogP contribution in [0.15, 0.2) is 46.9 Å². The second kappa shape index (κ2) is 7.03. The molecule has 27 heavy (non-hydrogen) atoms. The third-order valence-electron chi connectivity index (χ3n) is 4.14. The van der Waals surface area contributed by atoms with Crippen LogP contribution in [-0.4, -0.2) is 22.9 Å². The predicted octanol–water partition coefficient (Wildman–Crippen LogP) is 3.58. The molecule has 0 unspecified atom stereocenters. The Morgan fingerprint density at radius 1 is 1.19 bits per heavy atom. The van der Waals surface area contributed by atoms with Gasteiger partial charge in [0.2, 0.25) is 12.7 Å². The van der Waals surface area contributed by atoms with E-state index < -0.39 is 5.97 Å². The van der Waals surface area contributed by atoms with Crippen molar-refractivity contribution in [3.8, 4) is 28.7 Å². The Labute approximate surface area is 155 Å². The molecule has 0 atom stereocenters. The van der Waals surface area contributed by atoms with Gasteiger partial charge in [-0.1, -0.05) is 12.1 Å². The van der Waals surface area contributed by atoms with E-state index in [1.165, 1.54) is 0 Å². The Morgan fingerprint density at radius 3 is 2.89 bits per heavy atom. The molecule has 0 amide bonds. The van der Waals surface area contributed by atoms with Crippen LogP contribution in [0.4, 0.5) is 0 Å². The first kappa shape index (κ1) is 17.0. The standard InChI is InChI=1S/C20H17NO6/c1-12-16(10-24-15-4-2-3-13(7-15)8-19(22)23)21-20(27-12)14-5-6-17-18(9-14)26-11-25-17/h2-7,9H,8,10-11H2,1H3,(H,22,23). The summed E-state index contributed by atoms with van der Waals surface area (Å²) in [6.45, 7) is 2.25. The van der Waals surface area contributed by atoms with E-state index in [0.717, 1.165) is 5.56 Å². The number of oxazole rings is 1. The van der Waals surface area contributed by atoms with Gasteiger partial charge < -0.3 is 23.7 Å². The molecule has 2 heterocycles. The summed E-state index contributed by atoms with van der Waals surface area (Å²) < 4.78 is 22.2. The molecule has 2 aromatic carbocycles. The number of nitrogens with zero attached hydrogens (tertiary/aromatic N) is 1. The van der Waals surface area contributed by atoms with Crippen molar-refractivity contribution in [3.63, 3.8) is 0 Å². The number of benzene rings is 2. The lowest BCUT2D eigenvalue weighted by Gasteiger charge is -2.06. The molecule has 0 saturated heterocycles. The van der Waals surface area contributed by atoms with Crippen molar-refractivity contribution in [1.29, 1.82) is 0 Å². The Morgan fingerprint density at radius 2 is 2.04 bits per heavy atom. The van der Waals surface area contributed by atoms with Gasteiger partial charge in [-0.05, 0) is 42.8 Å². The average Bonchev–Trinajstić information content (AvgIpc) is 3.25. The van der Waals surface area contributed by atoms with Crippen LogP contribution in [0.1, 0.15) is 17.0 Å². The molecule has 1 aliphatic rings. The van der Waals surface area contributed by atoms with Gasteiger partial charge in [0.05, 0.1) is 6.42 Å². The molecule has 1 N–H and O–H groups in total. The summed E-state index contributed by atoms with van der Waals surface area (Å²) in [7, 11) is 0. The fourth-order valence-electron chi connectivity index (χ4n) is 2.79. The molecule has 4 rings (SSSR count). The summed E-state index contributed by atoms with van der Waals surface area (Å²) in [5, 5.41) is 8.89. The van der Waals surface area contributed by atoms with Crippen molar-refractivity contribution >= 4 is 5.97 Å². The van der Waals surface area contributed by atoms with Gasteiger partial charge >= 0.3 is 5.97 Å². The predicted molar refractivity (Wildman–Crippen MR) is 94.9 cm³/mol. The van der Waals surface area contributed by atoms with Gasteiger partial charge in [-0.2, -0.15) is 0 Å². The molecular formula is C20H17NO6. The van der Waals surface area contributed by atoms with E-state index in [2.05, 4.69) is 4.98 Å². The average molecular weight is 367 g/mol. The van der Waals surface area contributed by atoms with Crippen LogP contribution < -0.4 is 14.2 Å². The minimum atomic E-state index is -0.882. The maximum atomic E-state index is 10.8. The first-order chi connectivity index (χ1) is 13.1. The number of hydrogen-bond acceptors (Lipinski definition) is 6. The maximum absolute atomic E-state index is 10.8. The lowest BCUT2D eigenvalue weighted by molar-refractivity contribution is -0.136. The van der Waals surface area contributed by atoms with Gasteiger partial charge in [0, 0.05) is 5.56 Å². The van der Waals surface area contributed by atoms with E-state index >= 15 is 0 Å². The molecule has 1 aliphatic heterocycles. The number of fused-ring (bicyclic) bond motifs is 1. The first-order valence-electron chi connectivity index (χ1n) is 8.38. The number of aliphatic carboxylic acids is 1. The van der Waals surface area contributed by atoms with Crippen molar-refractivity contribution < 1.29 is 28.5 Å². The van der Waals surface area contributed by atoms with E-state index in [-0.39, 0.29) is 19.8 Å². The van der Waals surface area contributed by atoms with E-state index in [1.54, 1.807) is 24.3 Å². The van der Waals surface area contributed by atoms with Gasteiger partial charge in [0.25, 0.3) is 0 Å². The number of hydrogen-bond donors (Lipinski definition) is 1. The quantitative estimate of drug-likeness (QED) is 0.712. The summed E-state index contributed by atoms with van der Waals surface area (Å²) in [6, 6.07) is 12.5. The molecule has 0 bridgehead atoms. The monoisotopic (exact) mass is 367 g/mol. The Balaban J connectivity index is 1.48. The fraction of sp³-hybridized carbons (Fsp3) is 0.200. The topological polar surface area (TPSA) is 91.0 Å². The zero-order valence-electron chi connectivity index (χ0n) is 14.6. The minimum absolute atomic E-state index is 0.0472. The maximum Gasteiger partial charge on any atom is 0.307 e. The summed E-state index contributed by atoms with van der Waals surface area (Å²) in [5.74, 6) is 2.20. The minimum Gasteiger partial charge on any atom is -0.487 e. The summed E-state index contributed by atoms with van der Waals surface area (Å²) in [4.78, 5) is 15.3. The third-order valence-corrected chi connectivity index (χ3v) is 4.14. The lowest BCUT2D eigenvalue weighted by atomic mass is 10.1. The van der Waals surface area contributed by atoms with Crippen molar-refractivity contribution in [2.75, 3.05) is 6.79 Å². The molecule has 0 fully saturated rings. The third kappa shape index (κ3) is 3.72. The highest BCUT2D eigenvalue weighted by Gasteiger charge is 2.17. The number of ether oxygens (including phenoxy) is 3. The molecule has 0 aliphatic carbocycles. The molecule has 7 heteroatoms. The van der Waals surface area contributed by atoms with Gasteiger partial charge in [0.1, 0.15) is 23.8 Å². The lowest BCUT2D eigenvalue weighted by Crippen LogP contribution is -2.01. The summed E-state index contributed by atoms with van der Waals surface area (Å²) in [5.41, 5.74) is 2.14. The molecule has 0 spiro atoms. The molecule has 138 valence electrons. The smallest absolute Gasteiger partial charge is 0.307 e. The Hall–Kier alpha value is -3.48. The van der Waals surface area contributed by atoms with Gasteiger partial charge in [-0.15, -0.1) is 0 Å². The zero-order valence-corrected chi connectivity index (χ0v) is 14.6. The first-order valence-corrected chi connectivity index (χ1v) is 8.38. The second-order valence-electron chi connectivity index (χ2n) is 6.10. The number of carboxylic acid groups (broad SMARTS) is 1. The van der Waals surface area contributed by atoms with Crippen LogP contribution in [0, 0.1) is 6.92 Å². The number of rotatable bonds is 6.